The number of nitrogens with two attached hydrogens (primary N) is 1. The van der Waals surface area contributed by atoms with Crippen molar-refractivity contribution in [3.63, 3.8) is 0 Å². The van der Waals surface area contributed by atoms with Crippen LogP contribution in [0.2, 0.25) is 0 Å². The average Bonchev–Trinajstić information content (AvgIpc) is 2.98. The van der Waals surface area contributed by atoms with E-state index in [2.05, 4.69) is 0 Å². The fourth-order valence-electron chi connectivity index (χ4n) is 3.44. The summed E-state index contributed by atoms with van der Waals surface area (Å²) in [5.74, 6) is -0.208. The molecule has 2 aliphatic rings. The van der Waals surface area contributed by atoms with Gasteiger partial charge in [0, 0.05) is 13.1 Å². The molecule has 3 rings (SSSR count). The Hall–Kier alpha value is -1.60. The molecule has 1 saturated carbocycles. The maximum atomic E-state index is 12.7. The molecule has 21 heavy (non-hydrogen) atoms. The predicted molar refractivity (Wildman–Crippen MR) is 77.4 cm³/mol. The third kappa shape index (κ3) is 2.40. The van der Waals surface area contributed by atoms with Crippen LogP contribution in [0.5, 0.6) is 0 Å². The molecule has 0 spiro atoms. The molecule has 1 aliphatic carbocycles. The van der Waals surface area contributed by atoms with Crippen molar-refractivity contribution in [2.45, 2.75) is 24.2 Å². The van der Waals surface area contributed by atoms with E-state index >= 15 is 0 Å². The highest BCUT2D eigenvalue weighted by molar-refractivity contribution is 7.89. The highest BCUT2D eigenvalue weighted by Crippen LogP contribution is 2.40. The molecule has 114 valence electrons. The van der Waals surface area contributed by atoms with Crippen molar-refractivity contribution in [3.05, 3.63) is 23.8 Å². The summed E-state index contributed by atoms with van der Waals surface area (Å²) in [7, 11) is -3.64. The Morgan fingerprint density at radius 3 is 2.38 bits per heavy atom. The number of carboxylic acids is 1. The lowest BCUT2D eigenvalue weighted by Gasteiger charge is -2.18. The Morgan fingerprint density at radius 2 is 1.86 bits per heavy atom. The molecule has 1 saturated heterocycles. The number of anilines is 1. The minimum atomic E-state index is -3.64. The number of carboxylic acid groups (broad SMARTS) is 1. The second-order valence-corrected chi connectivity index (χ2v) is 7.74. The summed E-state index contributed by atoms with van der Waals surface area (Å²) >= 11 is 0. The van der Waals surface area contributed by atoms with Gasteiger partial charge in [-0.3, -0.25) is 0 Å². The van der Waals surface area contributed by atoms with Crippen molar-refractivity contribution >= 4 is 21.7 Å². The van der Waals surface area contributed by atoms with Crippen LogP contribution < -0.4 is 5.73 Å². The van der Waals surface area contributed by atoms with E-state index in [-0.39, 0.29) is 16.1 Å². The molecule has 1 heterocycles. The minimum Gasteiger partial charge on any atom is -0.478 e. The van der Waals surface area contributed by atoms with Crippen molar-refractivity contribution in [2.75, 3.05) is 18.8 Å². The third-order valence-corrected chi connectivity index (χ3v) is 6.47. The van der Waals surface area contributed by atoms with Crippen LogP contribution in [-0.2, 0) is 10.0 Å². The first-order chi connectivity index (χ1) is 9.89. The summed E-state index contributed by atoms with van der Waals surface area (Å²) in [5, 5.41) is 8.91. The predicted octanol–water partition coefficient (Wildman–Crippen LogP) is 1.39. The van der Waals surface area contributed by atoms with Gasteiger partial charge in [0.25, 0.3) is 0 Å². The smallest absolute Gasteiger partial charge is 0.335 e. The summed E-state index contributed by atoms with van der Waals surface area (Å²) in [6.07, 6.45) is 3.35. The summed E-state index contributed by atoms with van der Waals surface area (Å²) < 4.78 is 26.8. The topological polar surface area (TPSA) is 101 Å². The van der Waals surface area contributed by atoms with Gasteiger partial charge >= 0.3 is 5.97 Å². The van der Waals surface area contributed by atoms with Crippen molar-refractivity contribution in [1.29, 1.82) is 0 Å². The standard InChI is InChI=1S/C14H18N2O4S/c15-12-6-9(14(17)18)4-5-13(12)21(19,20)16-7-10-2-1-3-11(10)8-16/h4-6,10-11H,1-3,7-8,15H2,(H,17,18). The summed E-state index contributed by atoms with van der Waals surface area (Å²) in [5.41, 5.74) is 5.74. The monoisotopic (exact) mass is 310 g/mol. The minimum absolute atomic E-state index is 0.00692. The average molecular weight is 310 g/mol. The molecule has 3 N–H and O–H groups in total. The van der Waals surface area contributed by atoms with Gasteiger partial charge in [-0.05, 0) is 42.9 Å². The zero-order valence-corrected chi connectivity index (χ0v) is 12.3. The zero-order chi connectivity index (χ0) is 15.2. The molecular weight excluding hydrogens is 292 g/mol. The second kappa shape index (κ2) is 4.99. The van der Waals surface area contributed by atoms with E-state index in [0.29, 0.717) is 24.9 Å². The van der Waals surface area contributed by atoms with E-state index in [1.807, 2.05) is 0 Å². The third-order valence-electron chi connectivity index (χ3n) is 4.57. The SMILES string of the molecule is Nc1cc(C(=O)O)ccc1S(=O)(=O)N1CC2CCCC2C1. The van der Waals surface area contributed by atoms with E-state index in [9.17, 15) is 13.2 Å². The Morgan fingerprint density at radius 1 is 1.24 bits per heavy atom. The first-order valence-corrected chi connectivity index (χ1v) is 8.46. The van der Waals surface area contributed by atoms with E-state index in [1.165, 1.54) is 28.9 Å². The van der Waals surface area contributed by atoms with Crippen molar-refractivity contribution < 1.29 is 18.3 Å². The van der Waals surface area contributed by atoms with Crippen LogP contribution in [0.25, 0.3) is 0 Å². The van der Waals surface area contributed by atoms with Crippen LogP contribution in [0.1, 0.15) is 29.6 Å². The van der Waals surface area contributed by atoms with Gasteiger partial charge in [0.1, 0.15) is 4.90 Å². The number of rotatable bonds is 3. The van der Waals surface area contributed by atoms with Gasteiger partial charge in [-0.25, -0.2) is 13.2 Å². The lowest BCUT2D eigenvalue weighted by atomic mass is 10.0. The maximum absolute atomic E-state index is 12.7. The first-order valence-electron chi connectivity index (χ1n) is 7.02. The second-order valence-electron chi connectivity index (χ2n) is 5.83. The lowest BCUT2D eigenvalue weighted by molar-refractivity contribution is 0.0697. The van der Waals surface area contributed by atoms with Gasteiger partial charge in [0.05, 0.1) is 11.3 Å². The summed E-state index contributed by atoms with van der Waals surface area (Å²) in [6.45, 7) is 1.10. The Balaban J connectivity index is 1.90. The maximum Gasteiger partial charge on any atom is 0.335 e. The Bertz CT molecular complexity index is 674. The number of nitrogen functional groups attached to an aromatic ring is 1. The number of hydrogen-bond acceptors (Lipinski definition) is 4. The molecule has 6 nitrogen and oxygen atoms in total. The van der Waals surface area contributed by atoms with Gasteiger partial charge in [-0.15, -0.1) is 0 Å². The molecule has 0 aromatic heterocycles. The largest absolute Gasteiger partial charge is 0.478 e. The number of nitrogens with zero attached hydrogens (tertiary/aromatic N) is 1. The van der Waals surface area contributed by atoms with Crippen LogP contribution in [-0.4, -0.2) is 36.9 Å². The quantitative estimate of drug-likeness (QED) is 0.822. The van der Waals surface area contributed by atoms with Gasteiger partial charge in [0.15, 0.2) is 0 Å². The molecule has 7 heteroatoms. The lowest BCUT2D eigenvalue weighted by Crippen LogP contribution is -2.30. The highest BCUT2D eigenvalue weighted by Gasteiger charge is 2.41. The number of aromatic carboxylic acids is 1. The van der Waals surface area contributed by atoms with E-state index in [1.54, 1.807) is 0 Å². The van der Waals surface area contributed by atoms with Crippen LogP contribution in [0.4, 0.5) is 5.69 Å². The number of hydrogen-bond donors (Lipinski definition) is 2. The first kappa shape index (κ1) is 14.3. The van der Waals surface area contributed by atoms with E-state index < -0.39 is 16.0 Å². The van der Waals surface area contributed by atoms with E-state index in [4.69, 9.17) is 10.8 Å². The summed E-state index contributed by atoms with van der Waals surface area (Å²) in [4.78, 5) is 10.9. The number of fused-ring (bicyclic) bond motifs is 1. The normalized spacial score (nSPS) is 25.9. The molecule has 1 aromatic carbocycles. The molecule has 2 atom stereocenters. The molecule has 2 unspecified atom stereocenters. The molecule has 1 aromatic rings. The van der Waals surface area contributed by atoms with Crippen molar-refractivity contribution in [2.24, 2.45) is 11.8 Å². The zero-order valence-electron chi connectivity index (χ0n) is 11.5. The van der Waals surface area contributed by atoms with Crippen LogP contribution >= 0.6 is 0 Å². The van der Waals surface area contributed by atoms with Gasteiger partial charge in [0.2, 0.25) is 10.0 Å². The Labute approximate surface area is 123 Å². The molecular formula is C14H18N2O4S. The van der Waals surface area contributed by atoms with Gasteiger partial charge in [-0.2, -0.15) is 4.31 Å². The molecule has 0 amide bonds. The number of carbonyl (C=O) groups is 1. The fraction of sp³-hybridized carbons (Fsp3) is 0.500. The van der Waals surface area contributed by atoms with Crippen LogP contribution in [0.15, 0.2) is 23.1 Å². The van der Waals surface area contributed by atoms with Crippen molar-refractivity contribution in [1.82, 2.24) is 4.31 Å². The molecule has 0 radical (unpaired) electrons. The number of benzene rings is 1. The number of sulfonamides is 1. The van der Waals surface area contributed by atoms with Crippen molar-refractivity contribution in [3.8, 4) is 0 Å². The highest BCUT2D eigenvalue weighted by atomic mass is 32.2. The molecule has 2 fully saturated rings. The summed E-state index contributed by atoms with van der Waals surface area (Å²) in [6, 6.07) is 3.77. The van der Waals surface area contributed by atoms with Crippen LogP contribution in [0.3, 0.4) is 0 Å². The fourth-order valence-corrected chi connectivity index (χ4v) is 5.09. The molecule has 1 aliphatic heterocycles. The van der Waals surface area contributed by atoms with Gasteiger partial charge < -0.3 is 10.8 Å². The van der Waals surface area contributed by atoms with E-state index in [0.717, 1.165) is 12.8 Å². The van der Waals surface area contributed by atoms with Crippen LogP contribution in [0, 0.1) is 11.8 Å². The Kier molecular flexibility index (Phi) is 3.41. The van der Waals surface area contributed by atoms with Gasteiger partial charge in [-0.1, -0.05) is 6.42 Å². The molecule has 0 bridgehead atoms.